The van der Waals surface area contributed by atoms with Crippen LogP contribution in [0.1, 0.15) is 12.1 Å². The second kappa shape index (κ2) is 11.0. The molecule has 0 radical (unpaired) electrons. The molecule has 13 nitrogen and oxygen atoms in total. The van der Waals surface area contributed by atoms with Crippen LogP contribution in [0, 0.1) is 12.7 Å². The van der Waals surface area contributed by atoms with E-state index in [0.29, 0.717) is 22.9 Å². The number of piperidine rings is 1. The van der Waals surface area contributed by atoms with Crippen LogP contribution >= 0.6 is 0 Å². The van der Waals surface area contributed by atoms with Crippen LogP contribution in [0.3, 0.4) is 0 Å². The Morgan fingerprint density at radius 3 is 2.35 bits per heavy atom. The molecule has 0 saturated carbocycles. The highest BCUT2D eigenvalue weighted by molar-refractivity contribution is 7.93. The van der Waals surface area contributed by atoms with Gasteiger partial charge >= 0.3 is 0 Å². The van der Waals surface area contributed by atoms with E-state index in [2.05, 4.69) is 29.9 Å². The maximum atomic E-state index is 13.7. The lowest BCUT2D eigenvalue weighted by Gasteiger charge is -2.35. The lowest BCUT2D eigenvalue weighted by Crippen LogP contribution is -2.50. The highest BCUT2D eigenvalue weighted by Gasteiger charge is 2.37. The Hall–Kier alpha value is -4.37. The first-order valence-corrected chi connectivity index (χ1v) is 13.8. The van der Waals surface area contributed by atoms with Crippen LogP contribution in [-0.2, 0) is 10.0 Å². The van der Waals surface area contributed by atoms with Gasteiger partial charge in [0, 0.05) is 18.8 Å². The molecule has 0 aliphatic carbocycles. The molecular weight excluding hydrogens is 543 g/mol. The monoisotopic (exact) mass is 570 g/mol. The summed E-state index contributed by atoms with van der Waals surface area (Å²) in [5.74, 6) is 0.342. The molecule has 4 heterocycles. The fraction of sp³-hybridized carbons (Fsp3) is 0.320. The van der Waals surface area contributed by atoms with Crippen LogP contribution in [0.4, 0.5) is 16.3 Å². The number of pyridine rings is 1. The Balaban J connectivity index is 1.57. The highest BCUT2D eigenvalue weighted by atomic mass is 32.2. The fourth-order valence-electron chi connectivity index (χ4n) is 4.54. The number of sulfonamides is 1. The van der Waals surface area contributed by atoms with Gasteiger partial charge in [0.2, 0.25) is 21.9 Å². The van der Waals surface area contributed by atoms with Gasteiger partial charge in [-0.1, -0.05) is 12.1 Å². The molecule has 1 saturated heterocycles. The zero-order valence-electron chi connectivity index (χ0n) is 21.9. The summed E-state index contributed by atoms with van der Waals surface area (Å²) in [7, 11) is -1.21. The number of hydrogen-bond acceptors (Lipinski definition) is 11. The molecule has 4 aromatic rings. The standard InChI is InChI=1S/C25H27FN8O5S/c1-15-6-4-7-19(29-15)23-30-31-25(34(23)22-20(38-2)8-5-9-21(22)39-3)32-40(36,37)18-10-17(35)13-33(14-18)24-27-11-16(26)12-28-24/h4-9,11-12,17-18,35H,10,13-14H2,1-3H3,(H,31,32)/t17-,18+/m0/s1. The maximum absolute atomic E-state index is 13.7. The van der Waals surface area contributed by atoms with Gasteiger partial charge in [-0.2, -0.15) is 0 Å². The first-order chi connectivity index (χ1) is 19.2. The van der Waals surface area contributed by atoms with Crippen molar-refractivity contribution in [2.24, 2.45) is 0 Å². The lowest BCUT2D eigenvalue weighted by atomic mass is 10.1. The first-order valence-electron chi connectivity index (χ1n) is 12.2. The zero-order valence-corrected chi connectivity index (χ0v) is 22.7. The zero-order chi connectivity index (χ0) is 28.4. The van der Waals surface area contributed by atoms with Crippen LogP contribution in [-0.4, -0.2) is 81.9 Å². The third kappa shape index (κ3) is 5.37. The molecule has 1 aliphatic rings. The van der Waals surface area contributed by atoms with E-state index in [0.717, 1.165) is 18.1 Å². The molecule has 210 valence electrons. The quantitative estimate of drug-likeness (QED) is 0.319. The molecule has 0 spiro atoms. The predicted molar refractivity (Wildman–Crippen MR) is 144 cm³/mol. The maximum Gasteiger partial charge on any atom is 0.243 e. The van der Waals surface area contributed by atoms with Crippen molar-refractivity contribution in [3.63, 3.8) is 0 Å². The Kier molecular flexibility index (Phi) is 7.49. The molecule has 0 amide bonds. The molecule has 15 heteroatoms. The summed E-state index contributed by atoms with van der Waals surface area (Å²) in [5, 5.41) is 17.8. The largest absolute Gasteiger partial charge is 0.494 e. The Labute approximate surface area is 229 Å². The molecule has 5 rings (SSSR count). The van der Waals surface area contributed by atoms with Crippen molar-refractivity contribution in [3.05, 3.63) is 60.3 Å². The van der Waals surface area contributed by atoms with Gasteiger partial charge in [-0.25, -0.2) is 27.8 Å². The lowest BCUT2D eigenvalue weighted by molar-refractivity contribution is 0.154. The summed E-state index contributed by atoms with van der Waals surface area (Å²) in [6.45, 7) is 1.87. The summed E-state index contributed by atoms with van der Waals surface area (Å²) < 4.78 is 55.9. The number of halogens is 1. The van der Waals surface area contributed by atoms with E-state index in [1.54, 1.807) is 30.3 Å². The van der Waals surface area contributed by atoms with E-state index in [1.807, 2.05) is 13.0 Å². The Morgan fingerprint density at radius 1 is 1.02 bits per heavy atom. The molecule has 0 unspecified atom stereocenters. The minimum absolute atomic E-state index is 0.0452. The van der Waals surface area contributed by atoms with Crippen LogP contribution in [0.2, 0.25) is 0 Å². The van der Waals surface area contributed by atoms with Gasteiger partial charge in [0.25, 0.3) is 0 Å². The van der Waals surface area contributed by atoms with E-state index in [9.17, 15) is 17.9 Å². The van der Waals surface area contributed by atoms with Crippen molar-refractivity contribution >= 4 is 21.9 Å². The number of para-hydroxylation sites is 1. The van der Waals surface area contributed by atoms with Crippen molar-refractivity contribution in [1.82, 2.24) is 29.7 Å². The molecule has 1 aromatic carbocycles. The number of aliphatic hydroxyl groups is 1. The summed E-state index contributed by atoms with van der Waals surface area (Å²) in [6.07, 6.45) is 0.915. The van der Waals surface area contributed by atoms with Gasteiger partial charge in [0.1, 0.15) is 28.1 Å². The number of nitrogens with zero attached hydrogens (tertiary/aromatic N) is 7. The number of aromatic nitrogens is 6. The molecule has 0 bridgehead atoms. The van der Waals surface area contributed by atoms with Crippen molar-refractivity contribution in [1.29, 1.82) is 0 Å². The van der Waals surface area contributed by atoms with Gasteiger partial charge in [-0.15, -0.1) is 10.2 Å². The number of rotatable bonds is 8. The Bertz CT molecular complexity index is 1590. The van der Waals surface area contributed by atoms with Gasteiger partial charge in [-0.3, -0.25) is 9.29 Å². The van der Waals surface area contributed by atoms with Crippen LogP contribution in [0.15, 0.2) is 48.8 Å². The molecule has 40 heavy (non-hydrogen) atoms. The van der Waals surface area contributed by atoms with Gasteiger partial charge in [0.15, 0.2) is 11.6 Å². The smallest absolute Gasteiger partial charge is 0.243 e. The third-order valence-corrected chi connectivity index (χ3v) is 8.04. The van der Waals surface area contributed by atoms with Gasteiger partial charge in [-0.05, 0) is 37.6 Å². The molecular formula is C25H27FN8O5S. The number of aliphatic hydroxyl groups excluding tert-OH is 1. The molecule has 1 fully saturated rings. The second-order valence-electron chi connectivity index (χ2n) is 9.12. The number of benzene rings is 1. The van der Waals surface area contributed by atoms with Gasteiger partial charge in [0.05, 0.1) is 32.7 Å². The topological polar surface area (TPSA) is 157 Å². The average molecular weight is 571 g/mol. The average Bonchev–Trinajstić information content (AvgIpc) is 3.34. The SMILES string of the molecule is COc1cccc(OC)c1-n1c(NS(=O)(=O)[C@@H]2C[C@H](O)CN(c3ncc(F)cn3)C2)nnc1-c1cccc(C)n1. The number of ether oxygens (including phenoxy) is 2. The van der Waals surface area contributed by atoms with E-state index in [4.69, 9.17) is 9.47 Å². The number of β-amino-alcohol motifs (C(OH)–C–C–N with tert-alkyl or cyclic N) is 1. The summed E-state index contributed by atoms with van der Waals surface area (Å²) in [5.41, 5.74) is 1.53. The number of nitrogens with one attached hydrogen (secondary N) is 1. The van der Waals surface area contributed by atoms with E-state index >= 15 is 0 Å². The van der Waals surface area contributed by atoms with Crippen molar-refractivity contribution in [2.75, 3.05) is 36.9 Å². The predicted octanol–water partition coefficient (Wildman–Crippen LogP) is 1.97. The van der Waals surface area contributed by atoms with E-state index < -0.39 is 27.2 Å². The van der Waals surface area contributed by atoms with Gasteiger partial charge < -0.3 is 19.5 Å². The fourth-order valence-corrected chi connectivity index (χ4v) is 5.95. The summed E-state index contributed by atoms with van der Waals surface area (Å²) in [4.78, 5) is 13.9. The molecule has 2 atom stereocenters. The minimum atomic E-state index is -4.17. The number of hydrogen-bond donors (Lipinski definition) is 2. The van der Waals surface area contributed by atoms with Crippen LogP contribution in [0.25, 0.3) is 17.2 Å². The highest BCUT2D eigenvalue weighted by Crippen LogP contribution is 2.37. The second-order valence-corrected chi connectivity index (χ2v) is 11.1. The molecule has 2 N–H and O–H groups in total. The van der Waals surface area contributed by atoms with Crippen molar-refractivity contribution in [3.8, 4) is 28.7 Å². The third-order valence-electron chi connectivity index (χ3n) is 6.36. The van der Waals surface area contributed by atoms with Crippen LogP contribution in [0.5, 0.6) is 11.5 Å². The number of aryl methyl sites for hydroxylation is 1. The molecule has 1 aliphatic heterocycles. The van der Waals surface area contributed by atoms with E-state index in [-0.39, 0.29) is 37.2 Å². The minimum Gasteiger partial charge on any atom is -0.494 e. The summed E-state index contributed by atoms with van der Waals surface area (Å²) in [6, 6.07) is 10.5. The first kappa shape index (κ1) is 27.2. The summed E-state index contributed by atoms with van der Waals surface area (Å²) >= 11 is 0. The normalized spacial score (nSPS) is 17.5. The Morgan fingerprint density at radius 2 is 1.70 bits per heavy atom. The van der Waals surface area contributed by atoms with Crippen molar-refractivity contribution in [2.45, 2.75) is 24.7 Å². The van der Waals surface area contributed by atoms with Crippen LogP contribution < -0.4 is 19.1 Å². The van der Waals surface area contributed by atoms with E-state index in [1.165, 1.54) is 23.7 Å². The number of methoxy groups -OCH3 is 2. The molecule has 3 aromatic heterocycles. The van der Waals surface area contributed by atoms with Crippen molar-refractivity contribution < 1.29 is 27.4 Å². The number of anilines is 2.